The van der Waals surface area contributed by atoms with Crippen LogP contribution in [-0.2, 0) is 4.79 Å². The number of anilines is 1. The third kappa shape index (κ3) is 4.77. The van der Waals surface area contributed by atoms with E-state index in [1.165, 1.54) is 26.4 Å². The lowest BCUT2D eigenvalue weighted by Crippen LogP contribution is -2.26. The van der Waals surface area contributed by atoms with Crippen LogP contribution in [0, 0.1) is 0 Å². The summed E-state index contributed by atoms with van der Waals surface area (Å²) in [5, 5.41) is 14.3. The van der Waals surface area contributed by atoms with Crippen molar-refractivity contribution in [2.24, 2.45) is 0 Å². The zero-order valence-electron chi connectivity index (χ0n) is 13.5. The van der Waals surface area contributed by atoms with Crippen LogP contribution in [0.25, 0.3) is 0 Å². The van der Waals surface area contributed by atoms with Crippen molar-refractivity contribution in [1.82, 2.24) is 0 Å². The molecule has 0 bridgehead atoms. The van der Waals surface area contributed by atoms with Crippen molar-refractivity contribution in [3.05, 3.63) is 47.0 Å². The molecule has 8 heteroatoms. The molecule has 0 aromatic heterocycles. The first-order valence-electron chi connectivity index (χ1n) is 7.10. The monoisotopic (exact) mass is 364 g/mol. The topological polar surface area (TPSA) is 96.9 Å². The molecule has 0 aliphatic rings. The second-order valence-electron chi connectivity index (χ2n) is 4.83. The lowest BCUT2D eigenvalue weighted by atomic mass is 10.1. The second-order valence-corrected chi connectivity index (χ2v) is 5.27. The molecule has 0 spiro atoms. The number of ether oxygens (including phenoxy) is 3. The molecule has 0 aliphatic carbocycles. The van der Waals surface area contributed by atoms with Gasteiger partial charge in [-0.3, -0.25) is 4.79 Å². The molecule has 25 heavy (non-hydrogen) atoms. The highest BCUT2D eigenvalue weighted by Crippen LogP contribution is 2.33. The Morgan fingerprint density at radius 1 is 1.08 bits per heavy atom. The average Bonchev–Trinajstić information content (AvgIpc) is 2.60. The van der Waals surface area contributed by atoms with Crippen LogP contribution in [0.4, 0.5) is 5.69 Å². The minimum atomic E-state index is -1.46. The molecule has 2 rings (SSSR count). The average molecular weight is 365 g/mol. The van der Waals surface area contributed by atoms with Crippen molar-refractivity contribution < 1.29 is 28.9 Å². The van der Waals surface area contributed by atoms with Gasteiger partial charge in [-0.2, -0.15) is 0 Å². The summed E-state index contributed by atoms with van der Waals surface area (Å²) in [7, 11) is 2.76. The number of hydrogen-bond donors (Lipinski definition) is 1. The molecule has 0 saturated carbocycles. The van der Waals surface area contributed by atoms with E-state index in [-0.39, 0.29) is 29.4 Å². The zero-order chi connectivity index (χ0) is 18.4. The maximum absolute atomic E-state index is 12.0. The SMILES string of the molecule is COc1cc(NC(=O)COc2ccc(Cl)cc2)c(C(=O)[O-])cc1OC. The number of nitrogens with one attached hydrogen (secondary N) is 1. The van der Waals surface area contributed by atoms with Crippen LogP contribution in [-0.4, -0.2) is 32.7 Å². The Hall–Kier alpha value is -2.93. The summed E-state index contributed by atoms with van der Waals surface area (Å²) >= 11 is 5.76. The van der Waals surface area contributed by atoms with Crippen molar-refractivity contribution in [3.8, 4) is 17.2 Å². The first kappa shape index (κ1) is 18.4. The third-order valence-electron chi connectivity index (χ3n) is 3.20. The van der Waals surface area contributed by atoms with Gasteiger partial charge in [0.05, 0.1) is 25.9 Å². The Balaban J connectivity index is 2.13. The molecule has 0 atom stereocenters. The van der Waals surface area contributed by atoms with Gasteiger partial charge in [-0.15, -0.1) is 0 Å². The number of carbonyl (C=O) groups is 2. The molecular formula is C17H15ClNO6-. The predicted octanol–water partition coefficient (Wildman–Crippen LogP) is 1.74. The lowest BCUT2D eigenvalue weighted by Gasteiger charge is -2.16. The summed E-state index contributed by atoms with van der Waals surface area (Å²) in [5.41, 5.74) is -0.222. The highest BCUT2D eigenvalue weighted by atomic mass is 35.5. The van der Waals surface area contributed by atoms with E-state index in [4.69, 9.17) is 25.8 Å². The van der Waals surface area contributed by atoms with Crippen molar-refractivity contribution in [2.45, 2.75) is 0 Å². The molecular weight excluding hydrogens is 350 g/mol. The van der Waals surface area contributed by atoms with Crippen molar-refractivity contribution in [3.63, 3.8) is 0 Å². The van der Waals surface area contributed by atoms with Gasteiger partial charge in [0.1, 0.15) is 5.75 Å². The molecule has 2 aromatic rings. The second kappa shape index (κ2) is 8.25. The Morgan fingerprint density at radius 3 is 2.24 bits per heavy atom. The number of carboxylic acids is 1. The molecule has 0 fully saturated rings. The van der Waals surface area contributed by atoms with Gasteiger partial charge in [0.15, 0.2) is 18.1 Å². The van der Waals surface area contributed by atoms with Gasteiger partial charge in [0.2, 0.25) is 0 Å². The summed E-state index contributed by atoms with van der Waals surface area (Å²) in [4.78, 5) is 23.3. The number of carboxylic acid groups (broad SMARTS) is 1. The highest BCUT2D eigenvalue weighted by Gasteiger charge is 2.14. The molecule has 0 heterocycles. The fraction of sp³-hybridized carbons (Fsp3) is 0.176. The van der Waals surface area contributed by atoms with E-state index >= 15 is 0 Å². The first-order chi connectivity index (χ1) is 11.9. The number of benzene rings is 2. The minimum Gasteiger partial charge on any atom is -0.545 e. The summed E-state index contributed by atoms with van der Waals surface area (Å²) in [6, 6.07) is 9.01. The maximum Gasteiger partial charge on any atom is 0.262 e. The number of carbonyl (C=O) groups excluding carboxylic acids is 2. The van der Waals surface area contributed by atoms with Gasteiger partial charge in [0, 0.05) is 16.7 Å². The Labute approximate surface area is 149 Å². The van der Waals surface area contributed by atoms with Gasteiger partial charge in [-0.25, -0.2) is 0 Å². The van der Waals surface area contributed by atoms with Crippen LogP contribution >= 0.6 is 11.6 Å². The van der Waals surface area contributed by atoms with Crippen molar-refractivity contribution >= 4 is 29.2 Å². The lowest BCUT2D eigenvalue weighted by molar-refractivity contribution is -0.254. The van der Waals surface area contributed by atoms with Crippen LogP contribution in [0.2, 0.25) is 5.02 Å². The van der Waals surface area contributed by atoms with Crippen molar-refractivity contribution in [1.29, 1.82) is 0 Å². The quantitative estimate of drug-likeness (QED) is 0.803. The highest BCUT2D eigenvalue weighted by molar-refractivity contribution is 6.30. The number of amides is 1. The number of halogens is 1. The van der Waals surface area contributed by atoms with Crippen LogP contribution in [0.3, 0.4) is 0 Å². The standard InChI is InChI=1S/C17H16ClNO6/c1-23-14-7-12(17(21)22)13(8-15(14)24-2)19-16(20)9-25-11-5-3-10(18)4-6-11/h3-8H,9H2,1-2H3,(H,19,20)(H,21,22)/p-1. The van der Waals surface area contributed by atoms with Gasteiger partial charge in [-0.1, -0.05) is 11.6 Å². The van der Waals surface area contributed by atoms with E-state index in [0.717, 1.165) is 0 Å². The smallest absolute Gasteiger partial charge is 0.262 e. The minimum absolute atomic E-state index is 0.0161. The molecule has 0 radical (unpaired) electrons. The maximum atomic E-state index is 12.0. The van der Waals surface area contributed by atoms with E-state index in [9.17, 15) is 14.7 Å². The number of aromatic carboxylic acids is 1. The predicted molar refractivity (Wildman–Crippen MR) is 89.5 cm³/mol. The van der Waals surface area contributed by atoms with Gasteiger partial charge >= 0.3 is 0 Å². The molecule has 7 nitrogen and oxygen atoms in total. The largest absolute Gasteiger partial charge is 0.545 e. The number of methoxy groups -OCH3 is 2. The first-order valence-corrected chi connectivity index (χ1v) is 7.48. The zero-order valence-corrected chi connectivity index (χ0v) is 14.3. The van der Waals surface area contributed by atoms with Crippen molar-refractivity contribution in [2.75, 3.05) is 26.1 Å². The van der Waals surface area contributed by atoms with Crippen LogP contribution in [0.15, 0.2) is 36.4 Å². The van der Waals surface area contributed by atoms with E-state index in [1.54, 1.807) is 24.3 Å². The van der Waals surface area contributed by atoms with Crippen LogP contribution in [0.1, 0.15) is 10.4 Å². The van der Waals surface area contributed by atoms with Gasteiger partial charge in [0.25, 0.3) is 5.91 Å². The van der Waals surface area contributed by atoms with E-state index in [1.807, 2.05) is 0 Å². The van der Waals surface area contributed by atoms with E-state index in [2.05, 4.69) is 5.32 Å². The third-order valence-corrected chi connectivity index (χ3v) is 3.45. The summed E-state index contributed by atoms with van der Waals surface area (Å²) < 4.78 is 15.4. The molecule has 1 amide bonds. The van der Waals surface area contributed by atoms with Crippen LogP contribution < -0.4 is 24.6 Å². The molecule has 0 aliphatic heterocycles. The van der Waals surface area contributed by atoms with E-state index < -0.39 is 11.9 Å². The summed E-state index contributed by atoms with van der Waals surface area (Å²) in [6.45, 7) is -0.317. The Morgan fingerprint density at radius 2 is 1.68 bits per heavy atom. The molecule has 0 saturated heterocycles. The fourth-order valence-electron chi connectivity index (χ4n) is 2.02. The number of rotatable bonds is 7. The Kier molecular flexibility index (Phi) is 6.08. The normalized spacial score (nSPS) is 10.0. The summed E-state index contributed by atoms with van der Waals surface area (Å²) in [6.07, 6.45) is 0. The molecule has 0 unspecified atom stereocenters. The molecule has 132 valence electrons. The Bertz CT molecular complexity index is 775. The molecule has 1 N–H and O–H groups in total. The number of hydrogen-bond acceptors (Lipinski definition) is 6. The van der Waals surface area contributed by atoms with E-state index in [0.29, 0.717) is 10.8 Å². The van der Waals surface area contributed by atoms with Crippen LogP contribution in [0.5, 0.6) is 17.2 Å². The van der Waals surface area contributed by atoms with Gasteiger partial charge in [-0.05, 0) is 30.3 Å². The summed E-state index contributed by atoms with van der Waals surface area (Å²) in [5.74, 6) is -1.09. The fourth-order valence-corrected chi connectivity index (χ4v) is 2.14. The molecule has 2 aromatic carbocycles. The van der Waals surface area contributed by atoms with Gasteiger partial charge < -0.3 is 29.4 Å².